The first kappa shape index (κ1) is 24.0. The Morgan fingerprint density at radius 1 is 1.14 bits per heavy atom. The summed E-state index contributed by atoms with van der Waals surface area (Å²) >= 11 is 6.00. The van der Waals surface area contributed by atoms with Gasteiger partial charge in [0, 0.05) is 12.5 Å². The van der Waals surface area contributed by atoms with Gasteiger partial charge in [0.2, 0.25) is 5.91 Å². The highest BCUT2D eigenvalue weighted by molar-refractivity contribution is 6.33. The van der Waals surface area contributed by atoms with E-state index in [1.54, 1.807) is 0 Å². The molecule has 1 amide bonds. The Balaban J connectivity index is 1.97. The van der Waals surface area contributed by atoms with Crippen LogP contribution >= 0.6 is 11.6 Å². The predicted molar refractivity (Wildman–Crippen MR) is 116 cm³/mol. The molecule has 0 saturated heterocycles. The van der Waals surface area contributed by atoms with Crippen molar-refractivity contribution in [2.75, 3.05) is 5.32 Å². The van der Waals surface area contributed by atoms with Crippen LogP contribution < -0.4 is 5.32 Å². The lowest BCUT2D eigenvalue weighted by Crippen LogP contribution is -2.17. The second kappa shape index (κ2) is 8.87. The minimum absolute atomic E-state index is 0.0370. The van der Waals surface area contributed by atoms with E-state index >= 15 is 0 Å². The van der Waals surface area contributed by atoms with Gasteiger partial charge in [-0.15, -0.1) is 0 Å². The number of nitrogens with zero attached hydrogens (tertiary/aromatic N) is 3. The second-order valence-electron chi connectivity index (χ2n) is 7.18. The Bertz CT molecular complexity index is 1460. The maximum absolute atomic E-state index is 14.3. The van der Waals surface area contributed by atoms with Crippen molar-refractivity contribution >= 4 is 29.2 Å². The molecular formula is C22H13ClF4N4O4. The van der Waals surface area contributed by atoms with Crippen LogP contribution in [0.15, 0.2) is 53.2 Å². The molecule has 0 saturated carbocycles. The van der Waals surface area contributed by atoms with Crippen LogP contribution in [0, 0.1) is 5.82 Å². The van der Waals surface area contributed by atoms with E-state index in [-0.39, 0.29) is 22.0 Å². The van der Waals surface area contributed by atoms with Gasteiger partial charge in [-0.3, -0.25) is 4.79 Å². The maximum atomic E-state index is 14.3. The second-order valence-corrected chi connectivity index (χ2v) is 7.59. The fraction of sp³-hybridized carbons (Fsp3) is 0.0909. The number of carboxylic acid groups (broad SMARTS) is 1. The first-order chi connectivity index (χ1) is 16.5. The van der Waals surface area contributed by atoms with Crippen LogP contribution in [0.1, 0.15) is 23.0 Å². The number of benzene rings is 2. The van der Waals surface area contributed by atoms with Gasteiger partial charge in [-0.1, -0.05) is 28.9 Å². The number of hydrogen-bond donors (Lipinski definition) is 2. The van der Waals surface area contributed by atoms with E-state index in [4.69, 9.17) is 16.1 Å². The topological polar surface area (TPSA) is 110 Å². The maximum Gasteiger partial charge on any atom is 0.434 e. The minimum atomic E-state index is -5.04. The number of aromatic nitrogens is 3. The van der Waals surface area contributed by atoms with Gasteiger partial charge in [-0.2, -0.15) is 18.3 Å². The number of nitrogens with one attached hydrogen (secondary N) is 1. The number of carboxylic acids is 1. The first-order valence-electron chi connectivity index (χ1n) is 9.70. The summed E-state index contributed by atoms with van der Waals surface area (Å²) < 4.78 is 61.8. The molecule has 35 heavy (non-hydrogen) atoms. The van der Waals surface area contributed by atoms with Gasteiger partial charge in [0.15, 0.2) is 11.5 Å². The fourth-order valence-electron chi connectivity index (χ4n) is 3.46. The van der Waals surface area contributed by atoms with Crippen LogP contribution in [-0.4, -0.2) is 31.9 Å². The molecule has 0 aliphatic rings. The summed E-state index contributed by atoms with van der Waals surface area (Å²) in [5.41, 5.74) is -3.35. The summed E-state index contributed by atoms with van der Waals surface area (Å²) in [4.78, 5) is 23.6. The lowest BCUT2D eigenvalue weighted by molar-refractivity contribution is -0.142. The molecule has 2 aromatic carbocycles. The Kier molecular flexibility index (Phi) is 6.07. The van der Waals surface area contributed by atoms with Crippen LogP contribution in [0.3, 0.4) is 0 Å². The lowest BCUT2D eigenvalue weighted by Gasteiger charge is -2.15. The van der Waals surface area contributed by atoms with Crippen LogP contribution in [0.2, 0.25) is 5.02 Å². The van der Waals surface area contributed by atoms with Crippen LogP contribution in [0.4, 0.5) is 23.2 Å². The molecule has 8 nitrogen and oxygen atoms in total. The quantitative estimate of drug-likeness (QED) is 0.336. The molecule has 2 aromatic heterocycles. The molecule has 0 bridgehead atoms. The molecule has 2 N–H and O–H groups in total. The third kappa shape index (κ3) is 4.47. The summed E-state index contributed by atoms with van der Waals surface area (Å²) in [5.74, 6) is -3.62. The molecule has 4 rings (SSSR count). The number of aromatic carboxylic acids is 1. The molecule has 0 atom stereocenters. The smallest absolute Gasteiger partial charge is 0.434 e. The average Bonchev–Trinajstić information content (AvgIpc) is 3.38. The number of alkyl halides is 3. The van der Waals surface area contributed by atoms with E-state index in [1.165, 1.54) is 31.2 Å². The SMILES string of the molecule is CC(=O)Nc1ccccc1-n1ncc(-c2onc(-c3ccc(F)cc3Cl)c2C(=O)O)c1C(F)(F)F. The number of rotatable bonds is 5. The van der Waals surface area contributed by atoms with Crippen molar-refractivity contribution in [2.45, 2.75) is 13.1 Å². The zero-order valence-electron chi connectivity index (χ0n) is 17.5. The van der Waals surface area contributed by atoms with Crippen molar-refractivity contribution in [1.82, 2.24) is 14.9 Å². The third-order valence-electron chi connectivity index (χ3n) is 4.82. The Hall–Kier alpha value is -4.19. The van der Waals surface area contributed by atoms with Gasteiger partial charge >= 0.3 is 12.1 Å². The minimum Gasteiger partial charge on any atom is -0.477 e. The number of anilines is 1. The highest BCUT2D eigenvalue weighted by Crippen LogP contribution is 2.43. The largest absolute Gasteiger partial charge is 0.477 e. The lowest BCUT2D eigenvalue weighted by atomic mass is 10.0. The molecule has 13 heteroatoms. The summed E-state index contributed by atoms with van der Waals surface area (Å²) in [7, 11) is 0. The summed E-state index contributed by atoms with van der Waals surface area (Å²) in [6, 6.07) is 8.62. The summed E-state index contributed by atoms with van der Waals surface area (Å²) in [5, 5.41) is 19.4. The molecule has 0 spiro atoms. The number of para-hydroxylation sites is 2. The van der Waals surface area contributed by atoms with E-state index in [0.29, 0.717) is 4.68 Å². The monoisotopic (exact) mass is 508 g/mol. The normalized spacial score (nSPS) is 11.5. The molecule has 0 radical (unpaired) electrons. The molecule has 0 aliphatic carbocycles. The van der Waals surface area contributed by atoms with Crippen molar-refractivity contribution < 1.29 is 36.8 Å². The van der Waals surface area contributed by atoms with E-state index in [0.717, 1.165) is 24.4 Å². The third-order valence-corrected chi connectivity index (χ3v) is 5.13. The standard InChI is InChI=1S/C22H13ClF4N4O4/c1-10(32)29-15-4-2-3-5-16(15)31-20(22(25,26)27)13(9-28-31)19-17(21(33)34)18(30-35-19)12-7-6-11(24)8-14(12)23/h2-9H,1H3,(H,29,32)(H,33,34). The highest BCUT2D eigenvalue weighted by atomic mass is 35.5. The van der Waals surface area contributed by atoms with Crippen LogP contribution in [0.25, 0.3) is 28.3 Å². The predicted octanol–water partition coefficient (Wildman–Crippen LogP) is 5.66. The number of amides is 1. The van der Waals surface area contributed by atoms with E-state index in [9.17, 15) is 32.3 Å². The van der Waals surface area contributed by atoms with Gasteiger partial charge in [0.25, 0.3) is 0 Å². The Labute approximate surface area is 198 Å². The van der Waals surface area contributed by atoms with Crippen molar-refractivity contribution in [3.8, 4) is 28.3 Å². The van der Waals surface area contributed by atoms with Gasteiger partial charge < -0.3 is 14.9 Å². The number of carbonyl (C=O) groups excluding carboxylic acids is 1. The van der Waals surface area contributed by atoms with Crippen LogP contribution in [0.5, 0.6) is 0 Å². The Morgan fingerprint density at radius 3 is 2.49 bits per heavy atom. The van der Waals surface area contributed by atoms with Gasteiger partial charge in [0.05, 0.1) is 28.2 Å². The highest BCUT2D eigenvalue weighted by Gasteiger charge is 2.42. The molecule has 2 heterocycles. The van der Waals surface area contributed by atoms with E-state index in [2.05, 4.69) is 15.6 Å². The summed E-state index contributed by atoms with van der Waals surface area (Å²) in [6.07, 6.45) is -4.26. The number of carbonyl (C=O) groups is 2. The number of hydrogen-bond acceptors (Lipinski definition) is 5. The Morgan fingerprint density at radius 2 is 1.86 bits per heavy atom. The van der Waals surface area contributed by atoms with Crippen molar-refractivity contribution in [2.24, 2.45) is 0 Å². The molecule has 180 valence electrons. The van der Waals surface area contributed by atoms with E-state index < -0.39 is 52.1 Å². The zero-order valence-corrected chi connectivity index (χ0v) is 18.3. The molecule has 4 aromatic rings. The van der Waals surface area contributed by atoms with Crippen molar-refractivity contribution in [3.63, 3.8) is 0 Å². The van der Waals surface area contributed by atoms with E-state index in [1.807, 2.05) is 0 Å². The number of halogens is 5. The average molecular weight is 509 g/mol. The molecule has 0 unspecified atom stereocenters. The first-order valence-corrected chi connectivity index (χ1v) is 10.1. The van der Waals surface area contributed by atoms with Crippen molar-refractivity contribution in [3.05, 3.63) is 70.8 Å². The molecule has 0 fully saturated rings. The zero-order chi connectivity index (χ0) is 25.5. The summed E-state index contributed by atoms with van der Waals surface area (Å²) in [6.45, 7) is 1.19. The van der Waals surface area contributed by atoms with Gasteiger partial charge in [0.1, 0.15) is 17.1 Å². The fourth-order valence-corrected chi connectivity index (χ4v) is 3.72. The van der Waals surface area contributed by atoms with Gasteiger partial charge in [-0.25, -0.2) is 13.9 Å². The van der Waals surface area contributed by atoms with Crippen molar-refractivity contribution in [1.29, 1.82) is 0 Å². The molecular weight excluding hydrogens is 496 g/mol. The van der Waals surface area contributed by atoms with Crippen LogP contribution in [-0.2, 0) is 11.0 Å². The molecule has 0 aliphatic heterocycles. The van der Waals surface area contributed by atoms with Gasteiger partial charge in [-0.05, 0) is 30.3 Å².